The molecule has 2 rings (SSSR count). The SMILES string of the molecule is Cc1ccc(N(C)C(=O)c2ccc(C)nc2)nc1. The smallest absolute Gasteiger partial charge is 0.260 e. The monoisotopic (exact) mass is 241 g/mol. The van der Waals surface area contributed by atoms with Gasteiger partial charge in [-0.3, -0.25) is 14.7 Å². The summed E-state index contributed by atoms with van der Waals surface area (Å²) in [5.41, 5.74) is 2.52. The molecule has 0 aliphatic rings. The Bertz CT molecular complexity index is 546. The molecule has 2 aromatic heterocycles. The van der Waals surface area contributed by atoms with Crippen LogP contribution in [0, 0.1) is 13.8 Å². The number of pyridine rings is 2. The lowest BCUT2D eigenvalue weighted by Crippen LogP contribution is -2.27. The molecule has 0 aromatic carbocycles. The zero-order valence-corrected chi connectivity index (χ0v) is 10.7. The predicted octanol–water partition coefficient (Wildman–Crippen LogP) is 2.37. The standard InChI is InChI=1S/C14H15N3O/c1-10-4-7-13(16-8-10)17(3)14(18)12-6-5-11(2)15-9-12/h4-9H,1-3H3. The van der Waals surface area contributed by atoms with Crippen molar-refractivity contribution >= 4 is 11.7 Å². The van der Waals surface area contributed by atoms with Crippen molar-refractivity contribution in [1.29, 1.82) is 0 Å². The van der Waals surface area contributed by atoms with Crippen molar-refractivity contribution < 1.29 is 4.79 Å². The molecule has 0 atom stereocenters. The first-order chi connectivity index (χ1) is 8.58. The Morgan fingerprint density at radius 3 is 2.39 bits per heavy atom. The van der Waals surface area contributed by atoms with Crippen LogP contribution < -0.4 is 4.90 Å². The Labute approximate surface area is 106 Å². The van der Waals surface area contributed by atoms with Gasteiger partial charge in [-0.15, -0.1) is 0 Å². The molecule has 0 saturated heterocycles. The molecule has 0 saturated carbocycles. The number of hydrogen-bond donors (Lipinski definition) is 0. The normalized spacial score (nSPS) is 10.2. The molecule has 4 nitrogen and oxygen atoms in total. The summed E-state index contributed by atoms with van der Waals surface area (Å²) in [7, 11) is 1.71. The molecule has 0 aliphatic heterocycles. The molecule has 18 heavy (non-hydrogen) atoms. The molecular weight excluding hydrogens is 226 g/mol. The number of anilines is 1. The van der Waals surface area contributed by atoms with Crippen LogP contribution in [0.25, 0.3) is 0 Å². The second kappa shape index (κ2) is 4.96. The van der Waals surface area contributed by atoms with E-state index < -0.39 is 0 Å². The van der Waals surface area contributed by atoms with Gasteiger partial charge in [0.05, 0.1) is 5.56 Å². The van der Waals surface area contributed by atoms with Crippen LogP contribution in [0.5, 0.6) is 0 Å². The van der Waals surface area contributed by atoms with E-state index in [0.717, 1.165) is 11.3 Å². The Morgan fingerprint density at radius 1 is 1.06 bits per heavy atom. The maximum absolute atomic E-state index is 12.2. The highest BCUT2D eigenvalue weighted by atomic mass is 16.2. The zero-order valence-electron chi connectivity index (χ0n) is 10.7. The zero-order chi connectivity index (χ0) is 13.1. The van der Waals surface area contributed by atoms with Gasteiger partial charge < -0.3 is 0 Å². The fourth-order valence-electron chi connectivity index (χ4n) is 1.55. The summed E-state index contributed by atoms with van der Waals surface area (Å²) >= 11 is 0. The lowest BCUT2D eigenvalue weighted by molar-refractivity contribution is 0.0992. The number of amides is 1. The first kappa shape index (κ1) is 12.2. The van der Waals surface area contributed by atoms with Crippen molar-refractivity contribution in [3.63, 3.8) is 0 Å². The van der Waals surface area contributed by atoms with E-state index in [9.17, 15) is 4.79 Å². The molecule has 0 unspecified atom stereocenters. The summed E-state index contributed by atoms with van der Waals surface area (Å²) in [6.07, 6.45) is 3.33. The van der Waals surface area contributed by atoms with Crippen LogP contribution in [0.1, 0.15) is 21.6 Å². The first-order valence-corrected chi connectivity index (χ1v) is 5.71. The van der Waals surface area contributed by atoms with Crippen LogP contribution in [-0.2, 0) is 0 Å². The van der Waals surface area contributed by atoms with Crippen molar-refractivity contribution in [3.05, 3.63) is 53.5 Å². The van der Waals surface area contributed by atoms with Gasteiger partial charge in [-0.2, -0.15) is 0 Å². The van der Waals surface area contributed by atoms with Gasteiger partial charge in [0.2, 0.25) is 0 Å². The van der Waals surface area contributed by atoms with Crippen LogP contribution in [0.2, 0.25) is 0 Å². The van der Waals surface area contributed by atoms with Crippen LogP contribution >= 0.6 is 0 Å². The van der Waals surface area contributed by atoms with Gasteiger partial charge in [0.15, 0.2) is 0 Å². The maximum atomic E-state index is 12.2. The third-order valence-corrected chi connectivity index (χ3v) is 2.70. The summed E-state index contributed by atoms with van der Waals surface area (Å²) in [6.45, 7) is 3.85. The molecule has 2 heterocycles. The Kier molecular flexibility index (Phi) is 3.37. The Hall–Kier alpha value is -2.23. The molecule has 4 heteroatoms. The Balaban J connectivity index is 2.23. The minimum Gasteiger partial charge on any atom is -0.296 e. The molecule has 0 aliphatic carbocycles. The summed E-state index contributed by atoms with van der Waals surface area (Å²) in [4.78, 5) is 22.1. The summed E-state index contributed by atoms with van der Waals surface area (Å²) in [5, 5.41) is 0. The molecule has 0 fully saturated rings. The molecule has 0 N–H and O–H groups in total. The van der Waals surface area contributed by atoms with Crippen LogP contribution in [0.15, 0.2) is 36.7 Å². The van der Waals surface area contributed by atoms with E-state index in [0.29, 0.717) is 11.4 Å². The first-order valence-electron chi connectivity index (χ1n) is 5.71. The van der Waals surface area contributed by atoms with Gasteiger partial charge in [0.1, 0.15) is 5.82 Å². The number of carbonyl (C=O) groups is 1. The van der Waals surface area contributed by atoms with Crippen molar-refractivity contribution in [2.24, 2.45) is 0 Å². The summed E-state index contributed by atoms with van der Waals surface area (Å²) < 4.78 is 0. The lowest BCUT2D eigenvalue weighted by Gasteiger charge is -2.16. The van der Waals surface area contributed by atoms with Crippen LogP contribution in [0.3, 0.4) is 0 Å². The van der Waals surface area contributed by atoms with E-state index >= 15 is 0 Å². The number of carbonyl (C=O) groups excluding carboxylic acids is 1. The van der Waals surface area contributed by atoms with Gasteiger partial charge in [-0.05, 0) is 37.6 Å². The average molecular weight is 241 g/mol. The van der Waals surface area contributed by atoms with E-state index in [1.165, 1.54) is 4.90 Å². The molecule has 0 radical (unpaired) electrons. The molecule has 0 bridgehead atoms. The lowest BCUT2D eigenvalue weighted by atomic mass is 10.2. The summed E-state index contributed by atoms with van der Waals surface area (Å²) in [5.74, 6) is 0.519. The van der Waals surface area contributed by atoms with Gasteiger partial charge in [-0.1, -0.05) is 6.07 Å². The molecule has 92 valence electrons. The second-order valence-corrected chi connectivity index (χ2v) is 4.25. The molecule has 1 amide bonds. The van der Waals surface area contributed by atoms with E-state index in [2.05, 4.69) is 9.97 Å². The highest BCUT2D eigenvalue weighted by molar-refractivity contribution is 6.04. The van der Waals surface area contributed by atoms with Crippen LogP contribution in [0.4, 0.5) is 5.82 Å². The van der Waals surface area contributed by atoms with Crippen LogP contribution in [-0.4, -0.2) is 22.9 Å². The molecule has 0 spiro atoms. The van der Waals surface area contributed by atoms with Gasteiger partial charge in [0, 0.05) is 25.1 Å². The fraction of sp³-hybridized carbons (Fsp3) is 0.214. The van der Waals surface area contributed by atoms with Gasteiger partial charge >= 0.3 is 0 Å². The Morgan fingerprint density at radius 2 is 1.83 bits per heavy atom. The number of hydrogen-bond acceptors (Lipinski definition) is 3. The highest BCUT2D eigenvalue weighted by Crippen LogP contribution is 2.12. The number of rotatable bonds is 2. The molecular formula is C14H15N3O. The minimum atomic E-state index is -0.112. The number of aryl methyl sites for hydroxylation is 2. The number of nitrogens with zero attached hydrogens (tertiary/aromatic N) is 3. The van der Waals surface area contributed by atoms with E-state index in [1.807, 2.05) is 32.0 Å². The predicted molar refractivity (Wildman–Crippen MR) is 70.7 cm³/mol. The summed E-state index contributed by atoms with van der Waals surface area (Å²) in [6, 6.07) is 7.35. The van der Waals surface area contributed by atoms with Crippen molar-refractivity contribution in [2.45, 2.75) is 13.8 Å². The largest absolute Gasteiger partial charge is 0.296 e. The minimum absolute atomic E-state index is 0.112. The van der Waals surface area contributed by atoms with E-state index in [4.69, 9.17) is 0 Å². The average Bonchev–Trinajstić information content (AvgIpc) is 2.39. The second-order valence-electron chi connectivity index (χ2n) is 4.25. The van der Waals surface area contributed by atoms with Crippen molar-refractivity contribution in [1.82, 2.24) is 9.97 Å². The third kappa shape index (κ3) is 2.53. The fourth-order valence-corrected chi connectivity index (χ4v) is 1.55. The topological polar surface area (TPSA) is 46.1 Å². The molecule has 2 aromatic rings. The van der Waals surface area contributed by atoms with E-state index in [1.54, 1.807) is 25.5 Å². The van der Waals surface area contributed by atoms with Crippen molar-refractivity contribution in [3.8, 4) is 0 Å². The highest BCUT2D eigenvalue weighted by Gasteiger charge is 2.14. The van der Waals surface area contributed by atoms with Crippen molar-refractivity contribution in [2.75, 3.05) is 11.9 Å². The third-order valence-electron chi connectivity index (χ3n) is 2.70. The number of aromatic nitrogens is 2. The van der Waals surface area contributed by atoms with Gasteiger partial charge in [-0.25, -0.2) is 4.98 Å². The van der Waals surface area contributed by atoms with E-state index in [-0.39, 0.29) is 5.91 Å². The quantitative estimate of drug-likeness (QED) is 0.811. The maximum Gasteiger partial charge on any atom is 0.260 e. The van der Waals surface area contributed by atoms with Gasteiger partial charge in [0.25, 0.3) is 5.91 Å².